The van der Waals surface area contributed by atoms with Crippen LogP contribution in [0.2, 0.25) is 5.02 Å². The summed E-state index contributed by atoms with van der Waals surface area (Å²) in [6, 6.07) is 6.23. The minimum Gasteiger partial charge on any atom is -0.333 e. The van der Waals surface area contributed by atoms with Crippen molar-refractivity contribution in [1.29, 1.82) is 0 Å². The van der Waals surface area contributed by atoms with Crippen LogP contribution in [0, 0.1) is 6.92 Å². The van der Waals surface area contributed by atoms with E-state index in [-0.39, 0.29) is 6.04 Å². The molecule has 0 aliphatic heterocycles. The van der Waals surface area contributed by atoms with Crippen LogP contribution in [0.25, 0.3) is 0 Å². The van der Waals surface area contributed by atoms with E-state index in [1.807, 2.05) is 25.4 Å². The zero-order valence-corrected chi connectivity index (χ0v) is 13.8. The number of imidazole rings is 1. The van der Waals surface area contributed by atoms with Crippen LogP contribution in [0.15, 0.2) is 30.6 Å². The third-order valence-electron chi connectivity index (χ3n) is 3.60. The molecule has 3 nitrogen and oxygen atoms in total. The van der Waals surface area contributed by atoms with Crippen molar-refractivity contribution in [2.75, 3.05) is 6.54 Å². The number of nitrogens with zero attached hydrogens (tertiary/aromatic N) is 2. The second-order valence-electron chi connectivity index (χ2n) is 5.34. The first kappa shape index (κ1) is 16.1. The largest absolute Gasteiger partial charge is 0.333 e. The second-order valence-corrected chi connectivity index (χ2v) is 5.72. The third-order valence-corrected chi connectivity index (χ3v) is 4.12. The van der Waals surface area contributed by atoms with Gasteiger partial charge >= 0.3 is 0 Å². The number of nitrogens with one attached hydrogen (secondary N) is 1. The Hall–Kier alpha value is -1.32. The van der Waals surface area contributed by atoms with Crippen molar-refractivity contribution in [3.05, 3.63) is 52.6 Å². The number of rotatable bonds is 7. The van der Waals surface area contributed by atoms with E-state index >= 15 is 0 Å². The Morgan fingerprint density at radius 3 is 2.81 bits per heavy atom. The SMILES string of the molecule is CCCNC(c1cccc(C)c1Cl)c1nccn1CCC. The maximum atomic E-state index is 6.54. The molecule has 0 aliphatic carbocycles. The number of benzene rings is 1. The molecule has 2 aromatic rings. The van der Waals surface area contributed by atoms with Crippen molar-refractivity contribution < 1.29 is 0 Å². The lowest BCUT2D eigenvalue weighted by atomic mass is 10.0. The summed E-state index contributed by atoms with van der Waals surface area (Å²) in [5.74, 6) is 1.04. The molecule has 0 saturated carbocycles. The minimum absolute atomic E-state index is 0.0406. The van der Waals surface area contributed by atoms with Crippen LogP contribution >= 0.6 is 11.6 Å². The topological polar surface area (TPSA) is 29.9 Å². The first-order chi connectivity index (χ1) is 10.2. The highest BCUT2D eigenvalue weighted by atomic mass is 35.5. The molecule has 1 unspecified atom stereocenters. The summed E-state index contributed by atoms with van der Waals surface area (Å²) in [5.41, 5.74) is 2.21. The van der Waals surface area contributed by atoms with Crippen molar-refractivity contribution in [2.45, 2.75) is 46.2 Å². The highest BCUT2D eigenvalue weighted by Gasteiger charge is 2.21. The molecule has 1 aromatic carbocycles. The van der Waals surface area contributed by atoms with Gasteiger partial charge in [-0.25, -0.2) is 4.98 Å². The number of hydrogen-bond donors (Lipinski definition) is 1. The van der Waals surface area contributed by atoms with Gasteiger partial charge in [0.15, 0.2) is 0 Å². The van der Waals surface area contributed by atoms with E-state index in [0.717, 1.165) is 47.9 Å². The molecule has 1 N–H and O–H groups in total. The first-order valence-electron chi connectivity index (χ1n) is 7.68. The van der Waals surface area contributed by atoms with Gasteiger partial charge in [-0.05, 0) is 37.4 Å². The average Bonchev–Trinajstić information content (AvgIpc) is 2.92. The molecule has 0 bridgehead atoms. The number of aryl methyl sites for hydroxylation is 2. The van der Waals surface area contributed by atoms with Gasteiger partial charge in [0, 0.05) is 24.0 Å². The lowest BCUT2D eigenvalue weighted by molar-refractivity contribution is 0.530. The molecular formula is C17H24ClN3. The lowest BCUT2D eigenvalue weighted by Gasteiger charge is -2.21. The molecule has 21 heavy (non-hydrogen) atoms. The van der Waals surface area contributed by atoms with E-state index in [1.165, 1.54) is 0 Å². The van der Waals surface area contributed by atoms with E-state index in [4.69, 9.17) is 11.6 Å². The van der Waals surface area contributed by atoms with Crippen molar-refractivity contribution in [2.24, 2.45) is 0 Å². The van der Waals surface area contributed by atoms with Crippen LogP contribution in [0.3, 0.4) is 0 Å². The number of halogens is 1. The lowest BCUT2D eigenvalue weighted by Crippen LogP contribution is -2.26. The summed E-state index contributed by atoms with van der Waals surface area (Å²) in [7, 11) is 0. The minimum atomic E-state index is 0.0406. The summed E-state index contributed by atoms with van der Waals surface area (Å²) in [5, 5.41) is 4.42. The Morgan fingerprint density at radius 1 is 1.29 bits per heavy atom. The first-order valence-corrected chi connectivity index (χ1v) is 8.06. The smallest absolute Gasteiger partial charge is 0.130 e. The van der Waals surface area contributed by atoms with Crippen molar-refractivity contribution in [1.82, 2.24) is 14.9 Å². The number of hydrogen-bond acceptors (Lipinski definition) is 2. The molecule has 0 aliphatic rings. The van der Waals surface area contributed by atoms with Crippen LogP contribution in [-0.4, -0.2) is 16.1 Å². The fraction of sp³-hybridized carbons (Fsp3) is 0.471. The quantitative estimate of drug-likeness (QED) is 0.824. The average molecular weight is 306 g/mol. The predicted octanol–water partition coefficient (Wildman–Crippen LogP) is 4.34. The van der Waals surface area contributed by atoms with E-state index < -0.39 is 0 Å². The Kier molecular flexibility index (Phi) is 5.83. The van der Waals surface area contributed by atoms with Gasteiger partial charge in [0.2, 0.25) is 0 Å². The molecule has 2 rings (SSSR count). The molecule has 0 spiro atoms. The monoisotopic (exact) mass is 305 g/mol. The zero-order valence-electron chi connectivity index (χ0n) is 13.1. The van der Waals surface area contributed by atoms with Crippen molar-refractivity contribution >= 4 is 11.6 Å². The Labute approximate surface area is 132 Å². The van der Waals surface area contributed by atoms with E-state index in [0.29, 0.717) is 0 Å². The molecule has 1 heterocycles. The van der Waals surface area contributed by atoms with Crippen LogP contribution in [0.1, 0.15) is 49.7 Å². The van der Waals surface area contributed by atoms with Gasteiger partial charge in [-0.1, -0.05) is 43.6 Å². The van der Waals surface area contributed by atoms with Gasteiger partial charge in [-0.2, -0.15) is 0 Å². The summed E-state index contributed by atoms with van der Waals surface area (Å²) in [6.45, 7) is 8.30. The molecule has 0 fully saturated rings. The highest BCUT2D eigenvalue weighted by Crippen LogP contribution is 2.30. The normalized spacial score (nSPS) is 12.6. The Morgan fingerprint density at radius 2 is 2.10 bits per heavy atom. The number of aromatic nitrogens is 2. The summed E-state index contributed by atoms with van der Waals surface area (Å²) < 4.78 is 2.21. The van der Waals surface area contributed by atoms with Gasteiger partial charge in [0.25, 0.3) is 0 Å². The molecule has 1 aromatic heterocycles. The zero-order chi connectivity index (χ0) is 15.2. The molecule has 4 heteroatoms. The molecular weight excluding hydrogens is 282 g/mol. The maximum Gasteiger partial charge on any atom is 0.130 e. The second kappa shape index (κ2) is 7.62. The fourth-order valence-electron chi connectivity index (χ4n) is 2.53. The van der Waals surface area contributed by atoms with Crippen LogP contribution < -0.4 is 5.32 Å². The molecule has 114 valence electrons. The van der Waals surface area contributed by atoms with E-state index in [2.05, 4.69) is 40.8 Å². The van der Waals surface area contributed by atoms with Gasteiger partial charge in [0.1, 0.15) is 5.82 Å². The van der Waals surface area contributed by atoms with Crippen molar-refractivity contribution in [3.8, 4) is 0 Å². The Bertz CT molecular complexity index is 577. The molecule has 0 amide bonds. The van der Waals surface area contributed by atoms with E-state index in [1.54, 1.807) is 0 Å². The van der Waals surface area contributed by atoms with Gasteiger partial charge in [-0.3, -0.25) is 0 Å². The van der Waals surface area contributed by atoms with Crippen LogP contribution in [-0.2, 0) is 6.54 Å². The summed E-state index contributed by atoms with van der Waals surface area (Å²) in [4.78, 5) is 4.58. The van der Waals surface area contributed by atoms with Crippen LogP contribution in [0.5, 0.6) is 0 Å². The summed E-state index contributed by atoms with van der Waals surface area (Å²) in [6.07, 6.45) is 6.08. The third kappa shape index (κ3) is 3.66. The van der Waals surface area contributed by atoms with Gasteiger partial charge < -0.3 is 9.88 Å². The summed E-state index contributed by atoms with van der Waals surface area (Å²) >= 11 is 6.54. The predicted molar refractivity (Wildman–Crippen MR) is 88.8 cm³/mol. The fourth-order valence-corrected chi connectivity index (χ4v) is 2.77. The van der Waals surface area contributed by atoms with Gasteiger partial charge in [0.05, 0.1) is 6.04 Å². The van der Waals surface area contributed by atoms with E-state index in [9.17, 15) is 0 Å². The van der Waals surface area contributed by atoms with Crippen molar-refractivity contribution in [3.63, 3.8) is 0 Å². The standard InChI is InChI=1S/C17H24ClN3/c1-4-9-19-16(14-8-6-7-13(3)15(14)18)17-20-10-12-21(17)11-5-2/h6-8,10,12,16,19H,4-5,9,11H2,1-3H3. The highest BCUT2D eigenvalue weighted by molar-refractivity contribution is 6.32. The molecule has 0 radical (unpaired) electrons. The van der Waals surface area contributed by atoms with Crippen LogP contribution in [0.4, 0.5) is 0 Å². The molecule has 0 saturated heterocycles. The van der Waals surface area contributed by atoms with Gasteiger partial charge in [-0.15, -0.1) is 0 Å². The Balaban J connectivity index is 2.42. The maximum absolute atomic E-state index is 6.54. The molecule has 1 atom stereocenters.